The Hall–Kier alpha value is -2.13. The number of carbonyl (C=O) groups is 3. The topological polar surface area (TPSA) is 126 Å². The van der Waals surface area contributed by atoms with Crippen molar-refractivity contribution in [3.63, 3.8) is 0 Å². The summed E-state index contributed by atoms with van der Waals surface area (Å²) in [5.74, 6) is -2.11. The van der Waals surface area contributed by atoms with Crippen molar-refractivity contribution in [2.45, 2.75) is 194 Å². The quantitative estimate of drug-likeness (QED) is 0.0681. The summed E-state index contributed by atoms with van der Waals surface area (Å²) in [6.45, 7) is 12.1. The van der Waals surface area contributed by atoms with Gasteiger partial charge in [-0.25, -0.2) is 4.79 Å². The van der Waals surface area contributed by atoms with Crippen LogP contribution < -0.4 is 16.0 Å². The molecule has 0 aromatic rings. The molecule has 47 heavy (non-hydrogen) atoms. The van der Waals surface area contributed by atoms with Crippen LogP contribution in [0.2, 0.25) is 0 Å². The first-order valence-corrected chi connectivity index (χ1v) is 18.9. The molecule has 5 unspecified atom stereocenters. The highest BCUT2D eigenvalue weighted by molar-refractivity contribution is 5.82. The van der Waals surface area contributed by atoms with Gasteiger partial charge in [-0.15, -0.1) is 0 Å². The van der Waals surface area contributed by atoms with Crippen LogP contribution in [-0.4, -0.2) is 59.6 Å². The fourth-order valence-electron chi connectivity index (χ4n) is 6.92. The SMILES string of the molecule is CCCCCCCCC=CCCCCCCC(C)NC(=O)NC1CCCCC1C(CCC(=O)O)NC(=O)C1OC(C)(C)OCC1(C)C. The molecule has 2 fully saturated rings. The van der Waals surface area contributed by atoms with Crippen LogP contribution in [0.25, 0.3) is 0 Å². The van der Waals surface area contributed by atoms with Crippen LogP contribution in [0.5, 0.6) is 0 Å². The maximum atomic E-state index is 13.6. The molecule has 1 saturated carbocycles. The van der Waals surface area contributed by atoms with E-state index in [0.29, 0.717) is 13.0 Å². The van der Waals surface area contributed by atoms with Gasteiger partial charge in [0.1, 0.15) is 6.10 Å². The van der Waals surface area contributed by atoms with Gasteiger partial charge in [0.05, 0.1) is 6.61 Å². The van der Waals surface area contributed by atoms with Gasteiger partial charge in [0.2, 0.25) is 5.91 Å². The molecule has 9 heteroatoms. The molecule has 4 N–H and O–H groups in total. The van der Waals surface area contributed by atoms with Crippen LogP contribution in [0.4, 0.5) is 4.79 Å². The second-order valence-corrected chi connectivity index (χ2v) is 15.3. The van der Waals surface area contributed by atoms with E-state index in [1.165, 1.54) is 64.2 Å². The zero-order valence-corrected chi connectivity index (χ0v) is 30.7. The molecule has 3 amide bonds. The van der Waals surface area contributed by atoms with Gasteiger partial charge >= 0.3 is 12.0 Å². The molecule has 2 aliphatic rings. The molecule has 1 heterocycles. The van der Waals surface area contributed by atoms with Crippen molar-refractivity contribution < 1.29 is 29.0 Å². The van der Waals surface area contributed by atoms with Crippen molar-refractivity contribution in [2.24, 2.45) is 11.3 Å². The summed E-state index contributed by atoms with van der Waals surface area (Å²) in [7, 11) is 0. The number of amides is 3. The molecule has 5 atom stereocenters. The van der Waals surface area contributed by atoms with Crippen LogP contribution in [0.15, 0.2) is 12.2 Å². The number of allylic oxidation sites excluding steroid dienone is 2. The molecule has 1 saturated heterocycles. The van der Waals surface area contributed by atoms with Crippen molar-refractivity contribution >= 4 is 17.9 Å². The van der Waals surface area contributed by atoms with Crippen LogP contribution in [-0.2, 0) is 19.1 Å². The zero-order chi connectivity index (χ0) is 34.7. The third-order valence-electron chi connectivity index (χ3n) is 9.82. The summed E-state index contributed by atoms with van der Waals surface area (Å²) in [6, 6.07) is -0.668. The first kappa shape index (κ1) is 41.0. The third-order valence-corrected chi connectivity index (χ3v) is 9.82. The van der Waals surface area contributed by atoms with Gasteiger partial charge in [-0.05, 0) is 78.1 Å². The highest BCUT2D eigenvalue weighted by atomic mass is 16.7. The summed E-state index contributed by atoms with van der Waals surface area (Å²) >= 11 is 0. The van der Waals surface area contributed by atoms with Crippen molar-refractivity contribution in [1.29, 1.82) is 0 Å². The van der Waals surface area contributed by atoms with Crippen molar-refractivity contribution in [3.05, 3.63) is 12.2 Å². The number of carbonyl (C=O) groups excluding carboxylic acids is 2. The predicted molar refractivity (Wildman–Crippen MR) is 189 cm³/mol. The van der Waals surface area contributed by atoms with Crippen LogP contribution in [0.1, 0.15) is 164 Å². The molecular weight excluding hydrogens is 594 g/mol. The van der Waals surface area contributed by atoms with E-state index in [1.807, 2.05) is 13.8 Å². The largest absolute Gasteiger partial charge is 0.481 e. The molecular formula is C38H69N3O6. The van der Waals surface area contributed by atoms with E-state index in [0.717, 1.165) is 44.9 Å². The summed E-state index contributed by atoms with van der Waals surface area (Å²) in [5.41, 5.74) is -0.540. The Balaban J connectivity index is 1.78. The second kappa shape index (κ2) is 21.8. The van der Waals surface area contributed by atoms with Crippen molar-refractivity contribution in [2.75, 3.05) is 6.61 Å². The number of carboxylic acids is 1. The number of rotatable bonds is 22. The highest BCUT2D eigenvalue weighted by Gasteiger charge is 2.47. The molecule has 272 valence electrons. The van der Waals surface area contributed by atoms with Crippen LogP contribution in [0, 0.1) is 11.3 Å². The molecule has 1 aliphatic heterocycles. The maximum absolute atomic E-state index is 13.6. The minimum atomic E-state index is -0.903. The minimum absolute atomic E-state index is 0.0591. The normalized spacial score (nSPS) is 23.6. The van der Waals surface area contributed by atoms with Gasteiger partial charge in [0.25, 0.3) is 0 Å². The van der Waals surface area contributed by atoms with Gasteiger partial charge in [0, 0.05) is 30.0 Å². The first-order chi connectivity index (χ1) is 22.3. The summed E-state index contributed by atoms with van der Waals surface area (Å²) in [6.07, 6.45) is 23.8. The molecule has 0 aromatic carbocycles. The third kappa shape index (κ3) is 16.7. The predicted octanol–water partition coefficient (Wildman–Crippen LogP) is 8.41. The first-order valence-electron chi connectivity index (χ1n) is 18.9. The molecule has 1 aliphatic carbocycles. The zero-order valence-electron chi connectivity index (χ0n) is 30.7. The lowest BCUT2D eigenvalue weighted by Crippen LogP contribution is -2.60. The lowest BCUT2D eigenvalue weighted by atomic mass is 9.77. The number of urea groups is 1. The molecule has 0 spiro atoms. The molecule has 0 radical (unpaired) electrons. The molecule has 2 rings (SSSR count). The van der Waals surface area contributed by atoms with E-state index in [2.05, 4.69) is 41.9 Å². The standard InChI is InChI=1S/C38H69N3O6/c1-7-8-9-10-11-12-13-14-15-16-17-18-19-20-23-29(2)39-36(45)41-31-25-22-21-24-30(31)32(26-27-33(42)43)40-35(44)34-37(3,4)28-46-38(5,6)47-34/h14-15,29-32,34H,7-13,16-28H2,1-6H3,(H,40,44)(H,42,43)(H2,39,41,45). The number of aliphatic carboxylic acids is 1. The van der Waals surface area contributed by atoms with Crippen LogP contribution >= 0.6 is 0 Å². The fourth-order valence-corrected chi connectivity index (χ4v) is 6.92. The maximum Gasteiger partial charge on any atom is 0.315 e. The van der Waals surface area contributed by atoms with E-state index in [9.17, 15) is 19.5 Å². The summed E-state index contributed by atoms with van der Waals surface area (Å²) in [5, 5.41) is 18.9. The highest BCUT2D eigenvalue weighted by Crippen LogP contribution is 2.36. The number of unbranched alkanes of at least 4 members (excludes halogenated alkanes) is 10. The molecule has 0 aromatic heterocycles. The Morgan fingerprint density at radius 3 is 2.13 bits per heavy atom. The number of hydrogen-bond donors (Lipinski definition) is 4. The van der Waals surface area contributed by atoms with Crippen molar-refractivity contribution in [3.8, 4) is 0 Å². The van der Waals surface area contributed by atoms with Gasteiger partial charge in [-0.1, -0.05) is 97.1 Å². The van der Waals surface area contributed by atoms with Gasteiger partial charge in [-0.3, -0.25) is 9.59 Å². The Kier molecular flexibility index (Phi) is 19.0. The molecule has 9 nitrogen and oxygen atoms in total. The average molecular weight is 664 g/mol. The van der Waals surface area contributed by atoms with Gasteiger partial charge in [-0.2, -0.15) is 0 Å². The smallest absolute Gasteiger partial charge is 0.315 e. The number of ether oxygens (including phenoxy) is 2. The van der Waals surface area contributed by atoms with E-state index >= 15 is 0 Å². The van der Waals surface area contributed by atoms with Crippen molar-refractivity contribution in [1.82, 2.24) is 16.0 Å². The second-order valence-electron chi connectivity index (χ2n) is 15.3. The Bertz CT molecular complexity index is 952. The molecule has 0 bridgehead atoms. The number of nitrogens with one attached hydrogen (secondary N) is 3. The average Bonchev–Trinajstić information content (AvgIpc) is 3.01. The van der Waals surface area contributed by atoms with E-state index in [-0.39, 0.29) is 36.4 Å². The minimum Gasteiger partial charge on any atom is -0.481 e. The Labute approximate surface area is 286 Å². The number of hydrogen-bond acceptors (Lipinski definition) is 5. The Morgan fingerprint density at radius 2 is 1.47 bits per heavy atom. The van der Waals surface area contributed by atoms with Crippen LogP contribution in [0.3, 0.4) is 0 Å². The van der Waals surface area contributed by atoms with Gasteiger partial charge < -0.3 is 30.5 Å². The van der Waals surface area contributed by atoms with E-state index in [4.69, 9.17) is 9.47 Å². The lowest BCUT2D eigenvalue weighted by Gasteiger charge is -2.46. The summed E-state index contributed by atoms with van der Waals surface area (Å²) < 4.78 is 11.8. The Morgan fingerprint density at radius 1 is 0.851 bits per heavy atom. The van der Waals surface area contributed by atoms with E-state index < -0.39 is 29.3 Å². The summed E-state index contributed by atoms with van der Waals surface area (Å²) in [4.78, 5) is 38.2. The van der Waals surface area contributed by atoms with Gasteiger partial charge in [0.15, 0.2) is 5.79 Å². The lowest BCUT2D eigenvalue weighted by molar-refractivity contribution is -0.304. The monoisotopic (exact) mass is 664 g/mol. The van der Waals surface area contributed by atoms with E-state index in [1.54, 1.807) is 13.8 Å². The fraction of sp³-hybridized carbons (Fsp3) is 0.868. The number of carboxylic acid groups (broad SMARTS) is 1.